The molecule has 2 heterocycles. The van der Waals surface area contributed by atoms with Crippen molar-refractivity contribution in [2.24, 2.45) is 5.73 Å². The monoisotopic (exact) mass is 231 g/mol. The van der Waals surface area contributed by atoms with Crippen LogP contribution in [0.4, 0.5) is 0 Å². The lowest BCUT2D eigenvalue weighted by Gasteiger charge is -2.13. The zero-order valence-electron chi connectivity index (χ0n) is 9.78. The highest BCUT2D eigenvalue weighted by Crippen LogP contribution is 2.29. The van der Waals surface area contributed by atoms with Crippen molar-refractivity contribution in [2.45, 2.75) is 38.3 Å². The van der Waals surface area contributed by atoms with Crippen LogP contribution in [-0.4, -0.2) is 16.1 Å². The molecular weight excluding hydrogens is 214 g/mol. The van der Waals surface area contributed by atoms with Crippen LogP contribution in [0, 0.1) is 0 Å². The molecule has 0 radical (unpaired) electrons. The molecule has 3 N–H and O–H groups in total. The van der Waals surface area contributed by atoms with Crippen LogP contribution in [-0.2, 0) is 6.54 Å². The summed E-state index contributed by atoms with van der Waals surface area (Å²) in [6, 6.07) is 1.93. The van der Waals surface area contributed by atoms with E-state index in [1.165, 1.54) is 12.8 Å². The molecule has 17 heavy (non-hydrogen) atoms. The molecule has 90 valence electrons. The Bertz CT molecular complexity index is 514. The Hall–Kier alpha value is -1.55. The molecule has 2 aromatic rings. The molecule has 2 aromatic heterocycles. The number of aromatic amines is 1. The zero-order chi connectivity index (χ0) is 11.7. The van der Waals surface area contributed by atoms with Gasteiger partial charge in [0.25, 0.3) is 0 Å². The largest absolute Gasteiger partial charge is 0.488 e. The van der Waals surface area contributed by atoms with Gasteiger partial charge < -0.3 is 15.5 Å². The van der Waals surface area contributed by atoms with Crippen LogP contribution in [0.25, 0.3) is 11.0 Å². The number of nitrogens with two attached hydrogens (primary N) is 1. The first kappa shape index (κ1) is 10.6. The third kappa shape index (κ3) is 1.89. The number of hydrogen-bond donors (Lipinski definition) is 2. The smallest absolute Gasteiger partial charge is 0.146 e. The number of aromatic nitrogens is 2. The molecule has 0 saturated heterocycles. The summed E-state index contributed by atoms with van der Waals surface area (Å²) in [5.41, 5.74) is 8.62. The first-order valence-electron chi connectivity index (χ1n) is 6.20. The van der Waals surface area contributed by atoms with Crippen LogP contribution in [0.5, 0.6) is 5.75 Å². The number of hydrogen-bond acceptors (Lipinski definition) is 3. The van der Waals surface area contributed by atoms with Crippen molar-refractivity contribution in [2.75, 3.05) is 0 Å². The van der Waals surface area contributed by atoms with Gasteiger partial charge in [-0.3, -0.25) is 4.98 Å². The molecule has 1 aliphatic carbocycles. The van der Waals surface area contributed by atoms with Gasteiger partial charge in [-0.25, -0.2) is 0 Å². The van der Waals surface area contributed by atoms with Gasteiger partial charge in [-0.15, -0.1) is 0 Å². The number of ether oxygens (including phenoxy) is 1. The molecule has 0 atom stereocenters. The number of nitrogens with zero attached hydrogens (tertiary/aromatic N) is 1. The van der Waals surface area contributed by atoms with Gasteiger partial charge in [-0.05, 0) is 25.7 Å². The van der Waals surface area contributed by atoms with Crippen LogP contribution < -0.4 is 10.5 Å². The van der Waals surface area contributed by atoms with E-state index in [-0.39, 0.29) is 0 Å². The van der Waals surface area contributed by atoms with Gasteiger partial charge in [0, 0.05) is 30.6 Å². The maximum Gasteiger partial charge on any atom is 0.146 e. The van der Waals surface area contributed by atoms with Crippen molar-refractivity contribution >= 4 is 11.0 Å². The quantitative estimate of drug-likeness (QED) is 0.852. The second-order valence-corrected chi connectivity index (χ2v) is 4.58. The predicted octanol–water partition coefficient (Wildman–Crippen LogP) is 2.34. The highest BCUT2D eigenvalue weighted by Gasteiger charge is 2.18. The normalized spacial score (nSPS) is 16.8. The first-order chi connectivity index (χ1) is 8.38. The van der Waals surface area contributed by atoms with E-state index in [9.17, 15) is 0 Å². The summed E-state index contributed by atoms with van der Waals surface area (Å²) < 4.78 is 6.03. The fourth-order valence-corrected chi connectivity index (χ4v) is 2.49. The minimum absolute atomic E-state index is 0.366. The van der Waals surface area contributed by atoms with Crippen molar-refractivity contribution < 1.29 is 4.74 Å². The summed E-state index contributed by atoms with van der Waals surface area (Å²) in [5, 5.41) is 0. The van der Waals surface area contributed by atoms with E-state index in [1.54, 1.807) is 6.20 Å². The lowest BCUT2D eigenvalue weighted by atomic mass is 10.2. The summed E-state index contributed by atoms with van der Waals surface area (Å²) in [6.07, 6.45) is 8.95. The molecule has 4 heteroatoms. The average Bonchev–Trinajstić information content (AvgIpc) is 2.97. The molecule has 0 unspecified atom stereocenters. The van der Waals surface area contributed by atoms with E-state index in [1.807, 2.05) is 12.3 Å². The maximum absolute atomic E-state index is 6.03. The lowest BCUT2D eigenvalue weighted by molar-refractivity contribution is 0.212. The maximum atomic E-state index is 6.03. The summed E-state index contributed by atoms with van der Waals surface area (Å²) >= 11 is 0. The highest BCUT2D eigenvalue weighted by molar-refractivity contribution is 5.84. The minimum Gasteiger partial charge on any atom is -0.488 e. The molecular formula is C13H17N3O. The molecule has 0 spiro atoms. The van der Waals surface area contributed by atoms with E-state index >= 15 is 0 Å². The molecule has 3 rings (SSSR count). The van der Waals surface area contributed by atoms with Crippen LogP contribution in [0.2, 0.25) is 0 Å². The Morgan fingerprint density at radius 2 is 2.24 bits per heavy atom. The number of rotatable bonds is 3. The molecule has 0 aliphatic heterocycles. The van der Waals surface area contributed by atoms with Crippen molar-refractivity contribution in [3.05, 3.63) is 24.0 Å². The molecule has 0 bridgehead atoms. The van der Waals surface area contributed by atoms with Gasteiger partial charge >= 0.3 is 0 Å². The van der Waals surface area contributed by atoms with Crippen LogP contribution >= 0.6 is 0 Å². The van der Waals surface area contributed by atoms with Crippen LogP contribution in [0.1, 0.15) is 31.2 Å². The Morgan fingerprint density at radius 3 is 3.00 bits per heavy atom. The van der Waals surface area contributed by atoms with Gasteiger partial charge in [0.05, 0.1) is 11.6 Å². The summed E-state index contributed by atoms with van der Waals surface area (Å²) in [6.45, 7) is 0.500. The van der Waals surface area contributed by atoms with Crippen molar-refractivity contribution in [3.63, 3.8) is 0 Å². The molecule has 1 aliphatic rings. The molecule has 0 aromatic carbocycles. The van der Waals surface area contributed by atoms with Gasteiger partial charge in [0.15, 0.2) is 0 Å². The lowest BCUT2D eigenvalue weighted by Crippen LogP contribution is -2.11. The standard InChI is InChI=1S/C13H17N3O/c14-7-9-8-16-13-11(5-6-15-12(9)13)17-10-3-1-2-4-10/h5-6,8,10,16H,1-4,7,14H2. The average molecular weight is 231 g/mol. The van der Waals surface area contributed by atoms with E-state index in [4.69, 9.17) is 10.5 Å². The second kappa shape index (κ2) is 4.37. The van der Waals surface area contributed by atoms with Gasteiger partial charge in [0.1, 0.15) is 11.3 Å². The Labute approximate surface area is 100 Å². The topological polar surface area (TPSA) is 63.9 Å². The highest BCUT2D eigenvalue weighted by atomic mass is 16.5. The van der Waals surface area contributed by atoms with E-state index in [2.05, 4.69) is 9.97 Å². The first-order valence-corrected chi connectivity index (χ1v) is 6.20. The van der Waals surface area contributed by atoms with E-state index < -0.39 is 0 Å². The fourth-order valence-electron chi connectivity index (χ4n) is 2.49. The fraction of sp³-hybridized carbons (Fsp3) is 0.462. The predicted molar refractivity (Wildman–Crippen MR) is 66.9 cm³/mol. The van der Waals surface area contributed by atoms with Crippen molar-refractivity contribution in [1.82, 2.24) is 9.97 Å². The van der Waals surface area contributed by atoms with E-state index in [0.717, 1.165) is 35.2 Å². The van der Waals surface area contributed by atoms with Crippen LogP contribution in [0.3, 0.4) is 0 Å². The summed E-state index contributed by atoms with van der Waals surface area (Å²) in [7, 11) is 0. The van der Waals surface area contributed by atoms with Crippen molar-refractivity contribution in [1.29, 1.82) is 0 Å². The molecule has 1 fully saturated rings. The molecule has 1 saturated carbocycles. The third-order valence-corrected chi connectivity index (χ3v) is 3.42. The molecule has 4 nitrogen and oxygen atoms in total. The van der Waals surface area contributed by atoms with Gasteiger partial charge in [0.2, 0.25) is 0 Å². The zero-order valence-corrected chi connectivity index (χ0v) is 9.78. The third-order valence-electron chi connectivity index (χ3n) is 3.42. The number of nitrogens with one attached hydrogen (secondary N) is 1. The van der Waals surface area contributed by atoms with Crippen molar-refractivity contribution in [3.8, 4) is 5.75 Å². The Balaban J connectivity index is 1.95. The number of H-pyrrole nitrogens is 1. The van der Waals surface area contributed by atoms with Gasteiger partial charge in [-0.1, -0.05) is 0 Å². The van der Waals surface area contributed by atoms with Gasteiger partial charge in [-0.2, -0.15) is 0 Å². The Kier molecular flexibility index (Phi) is 2.73. The Morgan fingerprint density at radius 1 is 1.41 bits per heavy atom. The summed E-state index contributed by atoms with van der Waals surface area (Å²) in [4.78, 5) is 7.57. The minimum atomic E-state index is 0.366. The second-order valence-electron chi connectivity index (χ2n) is 4.58. The SMILES string of the molecule is NCc1c[nH]c2c(OC3CCCC3)ccnc12. The summed E-state index contributed by atoms with van der Waals surface area (Å²) in [5.74, 6) is 0.904. The van der Waals surface area contributed by atoms with Crippen LogP contribution in [0.15, 0.2) is 18.5 Å². The van der Waals surface area contributed by atoms with E-state index in [0.29, 0.717) is 12.6 Å². The number of fused-ring (bicyclic) bond motifs is 1. The molecule has 0 amide bonds. The number of pyridine rings is 1.